The second-order valence-corrected chi connectivity index (χ2v) is 11.3. The van der Waals surface area contributed by atoms with E-state index in [2.05, 4.69) is 43.6 Å². The Hall–Kier alpha value is -5.31. The fourth-order valence-electron chi connectivity index (χ4n) is 4.92. The molecule has 0 saturated carbocycles. The van der Waals surface area contributed by atoms with Crippen LogP contribution >= 0.6 is 11.3 Å². The molecular formula is C36H25FN4O2S. The molecule has 0 spiro atoms. The van der Waals surface area contributed by atoms with Crippen LogP contribution in [0.1, 0.15) is 79.6 Å². The van der Waals surface area contributed by atoms with Crippen LogP contribution in [0.15, 0.2) is 79.3 Å². The highest BCUT2D eigenvalue weighted by Crippen LogP contribution is 2.24. The molecule has 2 aliphatic carbocycles. The van der Waals surface area contributed by atoms with Crippen molar-refractivity contribution in [2.45, 2.75) is 38.5 Å². The third kappa shape index (κ3) is 7.00. The van der Waals surface area contributed by atoms with E-state index in [1.54, 1.807) is 29.7 Å². The number of carbonyl (C=O) groups is 2. The molecule has 44 heavy (non-hydrogen) atoms. The number of benzene rings is 1. The molecule has 5 aromatic rings. The number of nitrogens with zero attached hydrogens (tertiary/aromatic N) is 4. The molecule has 0 saturated heterocycles. The minimum atomic E-state index is -0.416. The molecule has 0 amide bonds. The number of Topliss-reactive ketones (excluding diaryl/α,β-unsaturated/α-hetero) is 2. The summed E-state index contributed by atoms with van der Waals surface area (Å²) >= 11 is 1.57. The van der Waals surface area contributed by atoms with Crippen LogP contribution in [0.25, 0.3) is 10.6 Å². The quantitative estimate of drug-likeness (QED) is 0.201. The highest BCUT2D eigenvalue weighted by molar-refractivity contribution is 7.15. The summed E-state index contributed by atoms with van der Waals surface area (Å²) in [7, 11) is 0. The van der Waals surface area contributed by atoms with Gasteiger partial charge >= 0.3 is 0 Å². The molecule has 6 nitrogen and oxygen atoms in total. The SMILES string of the molecule is O=C1CCCc2nc(C#Cc3cnc(-c4ccccc4)s3)ccc21.O=C1CCCc2nc(C#Cc3cncc(F)c3)ccc21. The number of halogens is 1. The second-order valence-electron chi connectivity index (χ2n) is 10.2. The standard InChI is InChI=1S/C20H14N2OS.C16H11FN2O/c23-19-8-4-7-18-17(19)12-10-15(22-18)9-11-16-13-21-20(24-16)14-5-2-1-3-6-14;17-12-8-11(9-18-10-12)4-5-13-6-7-14-15(19-13)2-1-3-16(14)20/h1-3,5-6,10,12-13H,4,7-8H2;6-10H,1-3H2. The molecule has 7 rings (SSSR count). The summed E-state index contributed by atoms with van der Waals surface area (Å²) in [6.07, 6.45) is 9.02. The van der Waals surface area contributed by atoms with Gasteiger partial charge in [-0.25, -0.2) is 19.3 Å². The fourth-order valence-corrected chi connectivity index (χ4v) is 5.70. The van der Waals surface area contributed by atoms with Crippen molar-refractivity contribution >= 4 is 22.9 Å². The zero-order valence-corrected chi connectivity index (χ0v) is 24.5. The lowest BCUT2D eigenvalue weighted by molar-refractivity contribution is 0.0963. The molecular weight excluding hydrogens is 571 g/mol. The number of ketones is 2. The molecule has 0 N–H and O–H groups in total. The number of aromatic nitrogens is 4. The van der Waals surface area contributed by atoms with Crippen molar-refractivity contribution in [1.29, 1.82) is 0 Å². The van der Waals surface area contributed by atoms with E-state index in [0.29, 0.717) is 35.4 Å². The summed E-state index contributed by atoms with van der Waals surface area (Å²) < 4.78 is 13.0. The monoisotopic (exact) mass is 596 g/mol. The summed E-state index contributed by atoms with van der Waals surface area (Å²) in [5.41, 5.74) is 6.05. The van der Waals surface area contributed by atoms with Crippen LogP contribution in [0, 0.1) is 29.5 Å². The molecule has 1 aromatic carbocycles. The average Bonchev–Trinajstić information content (AvgIpc) is 3.53. The van der Waals surface area contributed by atoms with E-state index < -0.39 is 5.82 Å². The third-order valence-electron chi connectivity index (χ3n) is 7.06. The van der Waals surface area contributed by atoms with Gasteiger partial charge in [-0.1, -0.05) is 36.3 Å². The predicted octanol–water partition coefficient (Wildman–Crippen LogP) is 6.66. The average molecular weight is 597 g/mol. The molecule has 0 atom stereocenters. The van der Waals surface area contributed by atoms with Gasteiger partial charge in [0.25, 0.3) is 0 Å². The topological polar surface area (TPSA) is 85.7 Å². The van der Waals surface area contributed by atoms with Crippen molar-refractivity contribution in [2.75, 3.05) is 0 Å². The van der Waals surface area contributed by atoms with Gasteiger partial charge in [0.1, 0.15) is 22.2 Å². The van der Waals surface area contributed by atoms with Gasteiger partial charge in [-0.2, -0.15) is 0 Å². The summed E-state index contributed by atoms with van der Waals surface area (Å²) in [6.45, 7) is 0. The summed E-state index contributed by atoms with van der Waals surface area (Å²) in [5.74, 6) is 11.8. The van der Waals surface area contributed by atoms with Crippen LogP contribution in [0.4, 0.5) is 4.39 Å². The van der Waals surface area contributed by atoms with Crippen LogP contribution < -0.4 is 0 Å². The van der Waals surface area contributed by atoms with E-state index in [1.807, 2.05) is 42.5 Å². The molecule has 0 unspecified atom stereocenters. The van der Waals surface area contributed by atoms with Crippen molar-refractivity contribution in [3.05, 3.63) is 129 Å². The van der Waals surface area contributed by atoms with Gasteiger partial charge in [0.15, 0.2) is 11.6 Å². The molecule has 2 aliphatic rings. The Morgan fingerprint density at radius 1 is 0.682 bits per heavy atom. The van der Waals surface area contributed by atoms with E-state index >= 15 is 0 Å². The Kier molecular flexibility index (Phi) is 8.72. The Labute approximate surface area is 258 Å². The first kappa shape index (κ1) is 28.8. The lowest BCUT2D eigenvalue weighted by atomic mass is 9.94. The normalized spacial score (nSPS) is 13.2. The zero-order chi connectivity index (χ0) is 30.3. The van der Waals surface area contributed by atoms with Gasteiger partial charge in [-0.15, -0.1) is 11.3 Å². The number of hydrogen-bond donors (Lipinski definition) is 0. The highest BCUT2D eigenvalue weighted by atomic mass is 32.1. The van der Waals surface area contributed by atoms with Crippen LogP contribution in [0.2, 0.25) is 0 Å². The van der Waals surface area contributed by atoms with Crippen molar-refractivity contribution in [3.8, 4) is 34.3 Å². The number of fused-ring (bicyclic) bond motifs is 2. The first-order chi connectivity index (χ1) is 21.5. The largest absolute Gasteiger partial charge is 0.294 e. The van der Waals surface area contributed by atoms with Crippen LogP contribution in [-0.2, 0) is 12.8 Å². The van der Waals surface area contributed by atoms with Gasteiger partial charge in [0, 0.05) is 41.3 Å². The summed E-state index contributed by atoms with van der Waals surface area (Å²) in [5, 5.41) is 0.962. The maximum absolute atomic E-state index is 13.0. The summed E-state index contributed by atoms with van der Waals surface area (Å²) in [6, 6.07) is 18.6. The van der Waals surface area contributed by atoms with Crippen molar-refractivity contribution in [2.24, 2.45) is 0 Å². The van der Waals surface area contributed by atoms with Crippen LogP contribution in [0.3, 0.4) is 0 Å². The van der Waals surface area contributed by atoms with Gasteiger partial charge in [-0.05, 0) is 73.8 Å². The minimum absolute atomic E-state index is 0.146. The Bertz CT molecular complexity index is 2000. The smallest absolute Gasteiger partial charge is 0.164 e. The highest BCUT2D eigenvalue weighted by Gasteiger charge is 2.19. The zero-order valence-electron chi connectivity index (χ0n) is 23.6. The molecule has 0 fully saturated rings. The molecule has 4 heterocycles. The number of hydrogen-bond acceptors (Lipinski definition) is 7. The maximum atomic E-state index is 13.0. The minimum Gasteiger partial charge on any atom is -0.294 e. The van der Waals surface area contributed by atoms with Crippen molar-refractivity contribution in [1.82, 2.24) is 19.9 Å². The molecule has 0 aliphatic heterocycles. The van der Waals surface area contributed by atoms with Crippen molar-refractivity contribution < 1.29 is 14.0 Å². The van der Waals surface area contributed by atoms with Gasteiger partial charge < -0.3 is 0 Å². The van der Waals surface area contributed by atoms with E-state index in [9.17, 15) is 14.0 Å². The Balaban J connectivity index is 0.000000159. The molecule has 8 heteroatoms. The molecule has 4 aromatic heterocycles. The number of rotatable bonds is 1. The van der Waals surface area contributed by atoms with Crippen LogP contribution in [0.5, 0.6) is 0 Å². The second kappa shape index (κ2) is 13.3. The predicted molar refractivity (Wildman–Crippen MR) is 167 cm³/mol. The van der Waals surface area contributed by atoms with E-state index in [4.69, 9.17) is 0 Å². The van der Waals surface area contributed by atoms with E-state index in [0.717, 1.165) is 64.3 Å². The number of pyridine rings is 3. The van der Waals surface area contributed by atoms with E-state index in [-0.39, 0.29) is 11.6 Å². The number of carbonyl (C=O) groups excluding carboxylic acids is 2. The maximum Gasteiger partial charge on any atom is 0.164 e. The number of aryl methyl sites for hydroxylation is 2. The third-order valence-corrected chi connectivity index (χ3v) is 8.03. The summed E-state index contributed by atoms with van der Waals surface area (Å²) in [4.78, 5) is 41.5. The van der Waals surface area contributed by atoms with Crippen LogP contribution in [-0.4, -0.2) is 31.5 Å². The lowest BCUT2D eigenvalue weighted by Crippen LogP contribution is -2.12. The number of thiazole rings is 1. The first-order valence-corrected chi connectivity index (χ1v) is 15.1. The molecule has 0 radical (unpaired) electrons. The van der Waals surface area contributed by atoms with Gasteiger partial charge in [0.2, 0.25) is 0 Å². The first-order valence-electron chi connectivity index (χ1n) is 14.2. The Morgan fingerprint density at radius 2 is 1.32 bits per heavy atom. The Morgan fingerprint density at radius 3 is 1.95 bits per heavy atom. The fraction of sp³-hybridized carbons (Fsp3) is 0.167. The lowest BCUT2D eigenvalue weighted by Gasteiger charge is -2.12. The van der Waals surface area contributed by atoms with Crippen molar-refractivity contribution in [3.63, 3.8) is 0 Å². The van der Waals surface area contributed by atoms with E-state index in [1.165, 1.54) is 12.3 Å². The molecule has 214 valence electrons. The van der Waals surface area contributed by atoms with Gasteiger partial charge in [-0.3, -0.25) is 14.6 Å². The van der Waals surface area contributed by atoms with Gasteiger partial charge in [0.05, 0.1) is 28.7 Å². The molecule has 0 bridgehead atoms.